The van der Waals surface area contributed by atoms with Crippen molar-refractivity contribution in [3.63, 3.8) is 0 Å². The molecule has 5 heteroatoms. The van der Waals surface area contributed by atoms with Crippen LogP contribution in [0.5, 0.6) is 0 Å². The summed E-state index contributed by atoms with van der Waals surface area (Å²) in [4.78, 5) is 13.9. The summed E-state index contributed by atoms with van der Waals surface area (Å²) in [5.41, 5.74) is 0. The topological polar surface area (TPSA) is 44.4 Å². The largest absolute Gasteiger partial charge is 0.354 e. The molecular weight excluding hydrogens is 222 g/mol. The lowest BCUT2D eigenvalue weighted by Gasteiger charge is -2.19. The van der Waals surface area contributed by atoms with E-state index in [2.05, 4.69) is 28.7 Å². The van der Waals surface area contributed by atoms with E-state index in [0.29, 0.717) is 11.8 Å². The van der Waals surface area contributed by atoms with Gasteiger partial charge >= 0.3 is 0 Å². The maximum Gasteiger partial charge on any atom is 0.234 e. The Kier molecular flexibility index (Phi) is 6.84. The van der Waals surface area contributed by atoms with Gasteiger partial charge in [0.25, 0.3) is 0 Å². The molecule has 94 valence electrons. The number of thioether (sulfide) groups is 1. The van der Waals surface area contributed by atoms with Crippen molar-refractivity contribution in [1.82, 2.24) is 15.5 Å². The minimum atomic E-state index is 0.155. The fourth-order valence-corrected chi connectivity index (χ4v) is 1.91. The Balaban J connectivity index is 2.16. The molecule has 1 heterocycles. The van der Waals surface area contributed by atoms with Crippen molar-refractivity contribution in [3.8, 4) is 0 Å². The van der Waals surface area contributed by atoms with Crippen LogP contribution in [0, 0.1) is 0 Å². The Morgan fingerprint density at radius 1 is 1.50 bits per heavy atom. The van der Waals surface area contributed by atoms with E-state index >= 15 is 0 Å². The highest BCUT2D eigenvalue weighted by Crippen LogP contribution is 2.02. The second-order valence-electron chi connectivity index (χ2n) is 4.23. The third kappa shape index (κ3) is 5.72. The highest BCUT2D eigenvalue weighted by atomic mass is 32.2. The molecule has 0 aromatic carbocycles. The van der Waals surface area contributed by atoms with Crippen molar-refractivity contribution in [2.45, 2.75) is 18.6 Å². The van der Waals surface area contributed by atoms with Crippen molar-refractivity contribution in [1.29, 1.82) is 0 Å². The van der Waals surface area contributed by atoms with Crippen LogP contribution in [0.15, 0.2) is 0 Å². The monoisotopic (exact) mass is 245 g/mol. The van der Waals surface area contributed by atoms with Gasteiger partial charge in [-0.2, -0.15) is 11.8 Å². The Hall–Kier alpha value is -0.260. The molecule has 0 saturated carbocycles. The number of rotatable bonds is 5. The van der Waals surface area contributed by atoms with Crippen LogP contribution in [0.3, 0.4) is 0 Å². The van der Waals surface area contributed by atoms with E-state index in [-0.39, 0.29) is 5.91 Å². The van der Waals surface area contributed by atoms with Gasteiger partial charge in [0.15, 0.2) is 0 Å². The highest BCUT2D eigenvalue weighted by molar-refractivity contribution is 7.99. The number of amides is 1. The summed E-state index contributed by atoms with van der Waals surface area (Å²) in [5.74, 6) is 0.155. The minimum absolute atomic E-state index is 0.155. The average Bonchev–Trinajstić information content (AvgIpc) is 2.54. The number of hydrogen-bond donors (Lipinski definition) is 2. The molecule has 1 aliphatic heterocycles. The third-order valence-corrected chi connectivity index (χ3v) is 3.76. The van der Waals surface area contributed by atoms with Gasteiger partial charge in [-0.3, -0.25) is 9.69 Å². The molecule has 0 aromatic rings. The first-order valence-corrected chi connectivity index (χ1v) is 7.23. The van der Waals surface area contributed by atoms with Crippen LogP contribution in [0.2, 0.25) is 0 Å². The summed E-state index contributed by atoms with van der Waals surface area (Å²) in [7, 11) is 0. The second-order valence-corrected chi connectivity index (χ2v) is 5.51. The van der Waals surface area contributed by atoms with Crippen molar-refractivity contribution in [2.75, 3.05) is 45.5 Å². The van der Waals surface area contributed by atoms with Crippen LogP contribution in [-0.2, 0) is 4.79 Å². The molecule has 1 rings (SSSR count). The Labute approximate surface area is 103 Å². The fourth-order valence-electron chi connectivity index (χ4n) is 1.66. The van der Waals surface area contributed by atoms with Gasteiger partial charge in [0.05, 0.1) is 6.54 Å². The summed E-state index contributed by atoms with van der Waals surface area (Å²) >= 11 is 1.78. The average molecular weight is 245 g/mol. The Bertz CT molecular complexity index is 205. The number of carbonyl (C=O) groups excluding carboxylic acids is 1. The van der Waals surface area contributed by atoms with Crippen molar-refractivity contribution < 1.29 is 4.79 Å². The maximum absolute atomic E-state index is 11.7. The summed E-state index contributed by atoms with van der Waals surface area (Å²) in [6.45, 7) is 7.51. The van der Waals surface area contributed by atoms with Crippen LogP contribution in [-0.4, -0.2) is 61.6 Å². The zero-order valence-electron chi connectivity index (χ0n) is 10.3. The van der Waals surface area contributed by atoms with Crippen LogP contribution < -0.4 is 10.6 Å². The van der Waals surface area contributed by atoms with Crippen molar-refractivity contribution in [3.05, 3.63) is 0 Å². The van der Waals surface area contributed by atoms with Gasteiger partial charge in [-0.1, -0.05) is 6.92 Å². The molecule has 2 N–H and O–H groups in total. The number of nitrogens with zero attached hydrogens (tertiary/aromatic N) is 1. The lowest BCUT2D eigenvalue weighted by atomic mass is 10.3. The van der Waals surface area contributed by atoms with Crippen LogP contribution >= 0.6 is 11.8 Å². The molecule has 4 nitrogen and oxygen atoms in total. The van der Waals surface area contributed by atoms with E-state index in [4.69, 9.17) is 0 Å². The number of nitrogens with one attached hydrogen (secondary N) is 2. The van der Waals surface area contributed by atoms with Crippen molar-refractivity contribution in [2.24, 2.45) is 0 Å². The third-order valence-electron chi connectivity index (χ3n) is 2.79. The molecular formula is C11H23N3OS. The van der Waals surface area contributed by atoms with Gasteiger partial charge in [-0.25, -0.2) is 0 Å². The summed E-state index contributed by atoms with van der Waals surface area (Å²) < 4.78 is 0. The van der Waals surface area contributed by atoms with E-state index in [9.17, 15) is 4.79 Å². The maximum atomic E-state index is 11.7. The van der Waals surface area contributed by atoms with E-state index in [1.807, 2.05) is 0 Å². The summed E-state index contributed by atoms with van der Waals surface area (Å²) in [6.07, 6.45) is 3.20. The molecule has 1 amide bonds. The predicted molar refractivity (Wildman–Crippen MR) is 69.9 cm³/mol. The lowest BCUT2D eigenvalue weighted by molar-refractivity contribution is -0.122. The normalized spacial score (nSPS) is 20.1. The molecule has 0 aromatic heterocycles. The van der Waals surface area contributed by atoms with Gasteiger partial charge in [0.2, 0.25) is 5.91 Å². The first-order chi connectivity index (χ1) is 7.72. The molecule has 16 heavy (non-hydrogen) atoms. The van der Waals surface area contributed by atoms with Gasteiger partial charge in [-0.15, -0.1) is 0 Å². The minimum Gasteiger partial charge on any atom is -0.354 e. The standard InChI is InChI=1S/C11H23N3OS/c1-10(16-2)8-13-11(15)9-14-6-3-4-12-5-7-14/h10,12H,3-9H2,1-2H3,(H,13,15). The number of hydrogen-bond acceptors (Lipinski definition) is 4. The molecule has 1 saturated heterocycles. The van der Waals surface area contributed by atoms with Crippen molar-refractivity contribution >= 4 is 17.7 Å². The molecule has 0 spiro atoms. The van der Waals surface area contributed by atoms with Crippen LogP contribution in [0.4, 0.5) is 0 Å². The van der Waals surface area contributed by atoms with Gasteiger partial charge in [0, 0.05) is 24.9 Å². The first kappa shape index (κ1) is 13.8. The first-order valence-electron chi connectivity index (χ1n) is 5.95. The van der Waals surface area contributed by atoms with E-state index in [0.717, 1.165) is 39.1 Å². The van der Waals surface area contributed by atoms with Gasteiger partial charge in [-0.05, 0) is 25.8 Å². The molecule has 1 fully saturated rings. The molecule has 1 atom stereocenters. The van der Waals surface area contributed by atoms with E-state index < -0.39 is 0 Å². The lowest BCUT2D eigenvalue weighted by Crippen LogP contribution is -2.40. The molecule has 0 bridgehead atoms. The zero-order valence-corrected chi connectivity index (χ0v) is 11.1. The second kappa shape index (κ2) is 7.92. The van der Waals surface area contributed by atoms with Crippen LogP contribution in [0.1, 0.15) is 13.3 Å². The van der Waals surface area contributed by atoms with Crippen LogP contribution in [0.25, 0.3) is 0 Å². The summed E-state index contributed by atoms with van der Waals surface area (Å²) in [5, 5.41) is 6.81. The summed E-state index contributed by atoms with van der Waals surface area (Å²) in [6, 6.07) is 0. The van der Waals surface area contributed by atoms with Gasteiger partial charge < -0.3 is 10.6 Å². The predicted octanol–water partition coefficient (Wildman–Crippen LogP) is 0.149. The fraction of sp³-hybridized carbons (Fsp3) is 0.909. The molecule has 1 aliphatic rings. The molecule has 0 radical (unpaired) electrons. The van der Waals surface area contributed by atoms with E-state index in [1.165, 1.54) is 0 Å². The van der Waals surface area contributed by atoms with E-state index in [1.54, 1.807) is 11.8 Å². The molecule has 1 unspecified atom stereocenters. The zero-order chi connectivity index (χ0) is 11.8. The Morgan fingerprint density at radius 2 is 2.31 bits per heavy atom. The quantitative estimate of drug-likeness (QED) is 0.724. The SMILES string of the molecule is CSC(C)CNC(=O)CN1CCCNCC1. The smallest absolute Gasteiger partial charge is 0.234 e. The Morgan fingerprint density at radius 3 is 3.06 bits per heavy atom. The number of carbonyl (C=O) groups is 1. The van der Waals surface area contributed by atoms with Gasteiger partial charge in [0.1, 0.15) is 0 Å². The highest BCUT2D eigenvalue weighted by Gasteiger charge is 2.12. The molecule has 0 aliphatic carbocycles.